The third kappa shape index (κ3) is 2.41. The van der Waals surface area contributed by atoms with E-state index < -0.39 is 5.97 Å². The Kier molecular flexibility index (Phi) is 3.56. The van der Waals surface area contributed by atoms with Gasteiger partial charge in [-0.3, -0.25) is 9.48 Å². The first-order valence-electron chi connectivity index (χ1n) is 4.45. The van der Waals surface area contributed by atoms with Crippen LogP contribution in [0.3, 0.4) is 0 Å². The summed E-state index contributed by atoms with van der Waals surface area (Å²) in [5, 5.41) is 3.87. The van der Waals surface area contributed by atoms with E-state index in [0.29, 0.717) is 5.69 Å². The van der Waals surface area contributed by atoms with Crippen LogP contribution in [0.4, 0.5) is 0 Å². The van der Waals surface area contributed by atoms with Crippen molar-refractivity contribution in [3.05, 3.63) is 17.5 Å². The first kappa shape index (κ1) is 11.4. The third-order valence-corrected chi connectivity index (χ3v) is 1.93. The fraction of sp³-hybridized carbons (Fsp3) is 0.444. The number of ketones is 1. The number of aromatic nitrogens is 2. The molecule has 0 spiro atoms. The van der Waals surface area contributed by atoms with Crippen LogP contribution in [0.2, 0.25) is 0 Å². The molecule has 0 aliphatic rings. The van der Waals surface area contributed by atoms with Crippen LogP contribution in [0.25, 0.3) is 0 Å². The molecule has 1 rings (SSSR count). The highest BCUT2D eigenvalue weighted by Gasteiger charge is 2.16. The lowest BCUT2D eigenvalue weighted by Gasteiger charge is -1.97. The quantitative estimate of drug-likeness (QED) is 0.547. The molecule has 1 aromatic heterocycles. The fourth-order valence-electron chi connectivity index (χ4n) is 1.19. The van der Waals surface area contributed by atoms with Gasteiger partial charge in [0.2, 0.25) is 0 Å². The lowest BCUT2D eigenvalue weighted by molar-refractivity contribution is 0.0593. The smallest absolute Gasteiger partial charge is 0.358 e. The maximum Gasteiger partial charge on any atom is 0.358 e. The molecule has 1 heterocycles. The number of rotatable bonds is 4. The SMILES string of the molecule is COC(=O)c1cc(C(=O)CCN)n(C)n1. The molecule has 0 atom stereocenters. The molecule has 0 aromatic carbocycles. The Bertz CT molecular complexity index is 384. The summed E-state index contributed by atoms with van der Waals surface area (Å²) in [4.78, 5) is 22.6. The number of carbonyl (C=O) groups is 2. The van der Waals surface area contributed by atoms with Crippen molar-refractivity contribution in [2.24, 2.45) is 12.8 Å². The van der Waals surface area contributed by atoms with Crippen LogP contribution in [0.5, 0.6) is 0 Å². The van der Waals surface area contributed by atoms with Crippen molar-refractivity contribution >= 4 is 11.8 Å². The highest BCUT2D eigenvalue weighted by molar-refractivity contribution is 5.97. The summed E-state index contributed by atoms with van der Waals surface area (Å²) < 4.78 is 5.84. The summed E-state index contributed by atoms with van der Waals surface area (Å²) in [6, 6.07) is 1.41. The average Bonchev–Trinajstić information content (AvgIpc) is 2.59. The predicted molar refractivity (Wildman–Crippen MR) is 52.5 cm³/mol. The second kappa shape index (κ2) is 4.70. The summed E-state index contributed by atoms with van der Waals surface area (Å²) in [6.45, 7) is 0.275. The molecule has 0 amide bonds. The van der Waals surface area contributed by atoms with E-state index in [0.717, 1.165) is 0 Å². The average molecular weight is 211 g/mol. The van der Waals surface area contributed by atoms with Gasteiger partial charge in [0.1, 0.15) is 5.69 Å². The van der Waals surface area contributed by atoms with E-state index in [4.69, 9.17) is 5.73 Å². The number of ether oxygens (including phenoxy) is 1. The van der Waals surface area contributed by atoms with E-state index in [1.54, 1.807) is 7.05 Å². The van der Waals surface area contributed by atoms with Gasteiger partial charge in [-0.25, -0.2) is 4.79 Å². The Labute approximate surface area is 87.0 Å². The highest BCUT2D eigenvalue weighted by atomic mass is 16.5. The lowest BCUT2D eigenvalue weighted by Crippen LogP contribution is -2.11. The number of nitrogens with two attached hydrogens (primary N) is 1. The molecular formula is C9H13N3O3. The van der Waals surface area contributed by atoms with Crippen LogP contribution in [-0.2, 0) is 11.8 Å². The summed E-state index contributed by atoms with van der Waals surface area (Å²) in [6.07, 6.45) is 0.236. The van der Waals surface area contributed by atoms with Crippen LogP contribution in [0.15, 0.2) is 6.07 Å². The number of aryl methyl sites for hydroxylation is 1. The Balaban J connectivity index is 2.96. The van der Waals surface area contributed by atoms with Crippen molar-refractivity contribution < 1.29 is 14.3 Å². The van der Waals surface area contributed by atoms with E-state index in [1.807, 2.05) is 0 Å². The van der Waals surface area contributed by atoms with Crippen molar-refractivity contribution in [3.8, 4) is 0 Å². The third-order valence-electron chi connectivity index (χ3n) is 1.93. The Morgan fingerprint density at radius 3 is 2.80 bits per heavy atom. The molecule has 0 aliphatic carbocycles. The number of Topliss-reactive ketones (excluding diaryl/α,β-unsaturated/α-hetero) is 1. The minimum absolute atomic E-state index is 0.125. The molecule has 1 aromatic rings. The van der Waals surface area contributed by atoms with Gasteiger partial charge in [0.15, 0.2) is 11.5 Å². The number of nitrogens with zero attached hydrogens (tertiary/aromatic N) is 2. The van der Waals surface area contributed by atoms with Gasteiger partial charge < -0.3 is 10.5 Å². The molecular weight excluding hydrogens is 198 g/mol. The van der Waals surface area contributed by atoms with Gasteiger partial charge in [-0.05, 0) is 6.54 Å². The Hall–Kier alpha value is -1.69. The van der Waals surface area contributed by atoms with E-state index in [2.05, 4.69) is 9.84 Å². The minimum atomic E-state index is -0.558. The lowest BCUT2D eigenvalue weighted by atomic mass is 10.2. The number of esters is 1. The maximum atomic E-state index is 11.5. The largest absolute Gasteiger partial charge is 0.464 e. The van der Waals surface area contributed by atoms with Crippen molar-refractivity contribution in [2.45, 2.75) is 6.42 Å². The summed E-state index contributed by atoms with van der Waals surface area (Å²) in [5.74, 6) is -0.694. The molecule has 0 unspecified atom stereocenters. The molecule has 15 heavy (non-hydrogen) atoms. The molecule has 0 bridgehead atoms. The van der Waals surface area contributed by atoms with Crippen LogP contribution in [-0.4, -0.2) is 35.2 Å². The maximum absolute atomic E-state index is 11.5. The Morgan fingerprint density at radius 2 is 2.27 bits per heavy atom. The van der Waals surface area contributed by atoms with E-state index in [1.165, 1.54) is 17.9 Å². The molecule has 0 saturated heterocycles. The predicted octanol–water partition coefficient (Wildman–Crippen LogP) is -0.262. The summed E-state index contributed by atoms with van der Waals surface area (Å²) >= 11 is 0. The number of hydrogen-bond donors (Lipinski definition) is 1. The molecule has 0 fully saturated rings. The monoisotopic (exact) mass is 211 g/mol. The van der Waals surface area contributed by atoms with Gasteiger partial charge in [0.25, 0.3) is 0 Å². The molecule has 0 saturated carbocycles. The van der Waals surface area contributed by atoms with Gasteiger partial charge in [0, 0.05) is 19.5 Å². The van der Waals surface area contributed by atoms with Gasteiger partial charge in [-0.1, -0.05) is 0 Å². The number of methoxy groups -OCH3 is 1. The molecule has 6 heteroatoms. The molecule has 2 N–H and O–H groups in total. The van der Waals surface area contributed by atoms with E-state index in [-0.39, 0.29) is 24.4 Å². The van der Waals surface area contributed by atoms with Crippen molar-refractivity contribution in [1.82, 2.24) is 9.78 Å². The van der Waals surface area contributed by atoms with Gasteiger partial charge in [0.05, 0.1) is 7.11 Å². The van der Waals surface area contributed by atoms with Crippen LogP contribution >= 0.6 is 0 Å². The van der Waals surface area contributed by atoms with E-state index in [9.17, 15) is 9.59 Å². The van der Waals surface area contributed by atoms with Crippen LogP contribution in [0, 0.1) is 0 Å². The molecule has 82 valence electrons. The summed E-state index contributed by atoms with van der Waals surface area (Å²) in [5.41, 5.74) is 5.75. The summed E-state index contributed by atoms with van der Waals surface area (Å²) in [7, 11) is 2.86. The minimum Gasteiger partial charge on any atom is -0.464 e. The standard InChI is InChI=1S/C9H13N3O3/c1-12-7(8(13)3-4-10)5-6(11-12)9(14)15-2/h5H,3-4,10H2,1-2H3. The zero-order valence-electron chi connectivity index (χ0n) is 8.69. The first-order chi connectivity index (χ1) is 7.10. The zero-order chi connectivity index (χ0) is 11.4. The van der Waals surface area contributed by atoms with Gasteiger partial charge >= 0.3 is 5.97 Å². The van der Waals surface area contributed by atoms with Gasteiger partial charge in [-0.15, -0.1) is 0 Å². The number of hydrogen-bond acceptors (Lipinski definition) is 5. The molecule has 0 aliphatic heterocycles. The van der Waals surface area contributed by atoms with Crippen molar-refractivity contribution in [3.63, 3.8) is 0 Å². The second-order valence-corrected chi connectivity index (χ2v) is 2.99. The van der Waals surface area contributed by atoms with Crippen LogP contribution < -0.4 is 5.73 Å². The number of carbonyl (C=O) groups excluding carboxylic acids is 2. The first-order valence-corrected chi connectivity index (χ1v) is 4.45. The van der Waals surface area contributed by atoms with Crippen LogP contribution in [0.1, 0.15) is 27.4 Å². The fourth-order valence-corrected chi connectivity index (χ4v) is 1.19. The Morgan fingerprint density at radius 1 is 1.60 bits per heavy atom. The molecule has 0 radical (unpaired) electrons. The second-order valence-electron chi connectivity index (χ2n) is 2.99. The van der Waals surface area contributed by atoms with Crippen molar-refractivity contribution in [1.29, 1.82) is 0 Å². The molecule has 6 nitrogen and oxygen atoms in total. The normalized spacial score (nSPS) is 10.1. The zero-order valence-corrected chi connectivity index (χ0v) is 8.69. The van der Waals surface area contributed by atoms with E-state index >= 15 is 0 Å². The van der Waals surface area contributed by atoms with Gasteiger partial charge in [-0.2, -0.15) is 5.10 Å². The highest BCUT2D eigenvalue weighted by Crippen LogP contribution is 2.06. The van der Waals surface area contributed by atoms with Crippen molar-refractivity contribution in [2.75, 3.05) is 13.7 Å². The topological polar surface area (TPSA) is 87.2 Å².